The van der Waals surface area contributed by atoms with Crippen molar-refractivity contribution in [2.24, 2.45) is 11.8 Å². The lowest BCUT2D eigenvalue weighted by Crippen LogP contribution is -2.27. The fourth-order valence-corrected chi connectivity index (χ4v) is 3.75. The molecule has 1 aliphatic carbocycles. The van der Waals surface area contributed by atoms with Crippen LogP contribution in [0, 0.1) is 11.8 Å². The number of benzene rings is 1. The van der Waals surface area contributed by atoms with Crippen molar-refractivity contribution in [1.29, 1.82) is 0 Å². The van der Waals surface area contributed by atoms with E-state index in [0.29, 0.717) is 0 Å². The third-order valence-corrected chi connectivity index (χ3v) is 5.55. The van der Waals surface area contributed by atoms with Crippen LogP contribution in [0.3, 0.4) is 0 Å². The largest absolute Gasteiger partial charge is 0.493 e. The van der Waals surface area contributed by atoms with Crippen LogP contribution in [0.4, 0.5) is 0 Å². The molecule has 2 heterocycles. The molecule has 0 radical (unpaired) electrons. The molecule has 2 aromatic rings. The second-order valence-corrected chi connectivity index (χ2v) is 7.56. The number of hydrogen-bond donors (Lipinski definition) is 2. The third kappa shape index (κ3) is 3.98. The Morgan fingerprint density at radius 3 is 2.80 bits per heavy atom. The predicted molar refractivity (Wildman–Crippen MR) is 98.9 cm³/mol. The first-order valence-corrected chi connectivity index (χ1v) is 9.73. The number of nitrogens with one attached hydrogen (secondary N) is 2. The minimum absolute atomic E-state index is 0.736. The fraction of sp³-hybridized carbons (Fsp3) is 0.650. The zero-order valence-corrected chi connectivity index (χ0v) is 15.1. The van der Waals surface area contributed by atoms with E-state index in [1.165, 1.54) is 32.1 Å². The van der Waals surface area contributed by atoms with Crippen molar-refractivity contribution in [1.82, 2.24) is 15.8 Å². The molecule has 4 rings (SSSR count). The second kappa shape index (κ2) is 7.75. The molecule has 0 spiro atoms. The van der Waals surface area contributed by atoms with Gasteiger partial charge in [0.1, 0.15) is 5.75 Å². The van der Waals surface area contributed by atoms with Gasteiger partial charge in [-0.1, -0.05) is 5.16 Å². The van der Waals surface area contributed by atoms with Gasteiger partial charge in [0.05, 0.1) is 17.9 Å². The first-order valence-electron chi connectivity index (χ1n) is 9.73. The molecule has 5 heteroatoms. The molecular formula is C20H29N3O2. The maximum absolute atomic E-state index is 6.05. The van der Waals surface area contributed by atoms with Crippen molar-refractivity contribution in [2.45, 2.75) is 45.1 Å². The molecule has 0 unspecified atom stereocenters. The molecule has 25 heavy (non-hydrogen) atoms. The van der Waals surface area contributed by atoms with Crippen molar-refractivity contribution in [3.63, 3.8) is 0 Å². The summed E-state index contributed by atoms with van der Waals surface area (Å²) >= 11 is 0. The van der Waals surface area contributed by atoms with Crippen LogP contribution in [0.2, 0.25) is 0 Å². The Morgan fingerprint density at radius 1 is 1.20 bits per heavy atom. The van der Waals surface area contributed by atoms with Gasteiger partial charge >= 0.3 is 0 Å². The minimum atomic E-state index is 0.736. The number of piperidine rings is 1. The number of rotatable bonds is 8. The number of fused-ring (bicyclic) bond motifs is 1. The Kier molecular flexibility index (Phi) is 5.22. The number of aromatic nitrogens is 1. The summed E-state index contributed by atoms with van der Waals surface area (Å²) in [6, 6.07) is 4.23. The summed E-state index contributed by atoms with van der Waals surface area (Å²) in [7, 11) is 1.96. The van der Waals surface area contributed by atoms with Crippen molar-refractivity contribution < 1.29 is 9.26 Å². The molecule has 5 nitrogen and oxygen atoms in total. The van der Waals surface area contributed by atoms with Crippen LogP contribution >= 0.6 is 0 Å². The quantitative estimate of drug-likeness (QED) is 0.770. The van der Waals surface area contributed by atoms with Crippen LogP contribution in [0.1, 0.15) is 43.4 Å². The van der Waals surface area contributed by atoms with Crippen molar-refractivity contribution in [3.05, 3.63) is 23.4 Å². The lowest BCUT2D eigenvalue weighted by molar-refractivity contribution is 0.296. The zero-order valence-electron chi connectivity index (χ0n) is 15.1. The summed E-state index contributed by atoms with van der Waals surface area (Å²) in [5.41, 5.74) is 3.09. The lowest BCUT2D eigenvalue weighted by Gasteiger charge is -2.21. The lowest BCUT2D eigenvalue weighted by atomic mass is 9.92. The Hall–Kier alpha value is -1.59. The molecule has 2 fully saturated rings. The maximum atomic E-state index is 6.05. The van der Waals surface area contributed by atoms with Crippen LogP contribution in [0.15, 0.2) is 16.7 Å². The molecule has 2 aliphatic rings. The van der Waals surface area contributed by atoms with Gasteiger partial charge in [-0.15, -0.1) is 0 Å². The van der Waals surface area contributed by atoms with Crippen LogP contribution < -0.4 is 15.4 Å². The smallest absolute Gasteiger partial charge is 0.175 e. The second-order valence-electron chi connectivity index (χ2n) is 7.56. The predicted octanol–water partition coefficient (Wildman–Crippen LogP) is 3.27. The van der Waals surface area contributed by atoms with E-state index in [0.717, 1.165) is 72.5 Å². The maximum Gasteiger partial charge on any atom is 0.175 e. The van der Waals surface area contributed by atoms with Gasteiger partial charge in [-0.2, -0.15) is 0 Å². The Morgan fingerprint density at radius 2 is 2.04 bits per heavy atom. The molecule has 1 aliphatic heterocycles. The van der Waals surface area contributed by atoms with E-state index >= 15 is 0 Å². The Balaban J connectivity index is 1.51. The van der Waals surface area contributed by atoms with Gasteiger partial charge in [0, 0.05) is 11.9 Å². The van der Waals surface area contributed by atoms with E-state index in [4.69, 9.17) is 9.26 Å². The minimum Gasteiger partial charge on any atom is -0.493 e. The van der Waals surface area contributed by atoms with Gasteiger partial charge in [-0.3, -0.25) is 0 Å². The molecule has 0 atom stereocenters. The number of hydrogen-bond acceptors (Lipinski definition) is 5. The fourth-order valence-electron chi connectivity index (χ4n) is 3.75. The third-order valence-electron chi connectivity index (χ3n) is 5.55. The van der Waals surface area contributed by atoms with Crippen molar-refractivity contribution in [3.8, 4) is 5.75 Å². The molecular weight excluding hydrogens is 314 g/mol. The summed E-state index contributed by atoms with van der Waals surface area (Å²) in [6.07, 6.45) is 7.35. The number of nitrogens with zero attached hydrogens (tertiary/aromatic N) is 1. The normalized spacial score (nSPS) is 18.8. The van der Waals surface area contributed by atoms with Gasteiger partial charge in [0.15, 0.2) is 5.58 Å². The summed E-state index contributed by atoms with van der Waals surface area (Å²) in [5, 5.41) is 12.2. The summed E-state index contributed by atoms with van der Waals surface area (Å²) in [6.45, 7) is 3.86. The number of ether oxygens (including phenoxy) is 1. The van der Waals surface area contributed by atoms with Gasteiger partial charge in [-0.25, -0.2) is 0 Å². The van der Waals surface area contributed by atoms with Gasteiger partial charge in [0.25, 0.3) is 0 Å². The van der Waals surface area contributed by atoms with E-state index in [9.17, 15) is 0 Å². The molecule has 0 amide bonds. The topological polar surface area (TPSA) is 59.3 Å². The summed E-state index contributed by atoms with van der Waals surface area (Å²) < 4.78 is 11.8. The number of aryl methyl sites for hydroxylation is 1. The average Bonchev–Trinajstić information content (AvgIpc) is 3.39. The van der Waals surface area contributed by atoms with E-state index in [2.05, 4.69) is 27.9 Å². The molecule has 0 bridgehead atoms. The van der Waals surface area contributed by atoms with Crippen LogP contribution in [0.25, 0.3) is 11.0 Å². The van der Waals surface area contributed by atoms with Gasteiger partial charge in [-0.05, 0) is 82.6 Å². The Labute approximate surface area is 149 Å². The molecule has 136 valence electrons. The zero-order chi connectivity index (χ0) is 17.1. The first kappa shape index (κ1) is 16.9. The van der Waals surface area contributed by atoms with Crippen molar-refractivity contribution in [2.75, 3.05) is 26.7 Å². The molecule has 1 aromatic carbocycles. The van der Waals surface area contributed by atoms with Crippen LogP contribution in [-0.4, -0.2) is 31.9 Å². The monoisotopic (exact) mass is 343 g/mol. The molecule has 1 aromatic heterocycles. The van der Waals surface area contributed by atoms with E-state index < -0.39 is 0 Å². The van der Waals surface area contributed by atoms with Crippen LogP contribution in [-0.2, 0) is 13.0 Å². The molecule has 1 saturated heterocycles. The summed E-state index contributed by atoms with van der Waals surface area (Å²) in [4.78, 5) is 0. The standard InChI is InChI=1S/C20H29N3O2/c1-21-12-17-19(24-13-15-2-3-15)7-5-16-18(23-25-20(16)17)6-4-14-8-10-22-11-9-14/h5,7,14-15,21-22H,2-4,6,8-13H2,1H3. The highest BCUT2D eigenvalue weighted by atomic mass is 16.5. The molecule has 2 N–H and O–H groups in total. The van der Waals surface area contributed by atoms with E-state index in [1.807, 2.05) is 7.05 Å². The van der Waals surface area contributed by atoms with Crippen LogP contribution in [0.5, 0.6) is 5.75 Å². The van der Waals surface area contributed by atoms with Crippen molar-refractivity contribution >= 4 is 11.0 Å². The highest BCUT2D eigenvalue weighted by molar-refractivity contribution is 5.84. The highest BCUT2D eigenvalue weighted by Crippen LogP contribution is 2.34. The average molecular weight is 343 g/mol. The first-order chi connectivity index (χ1) is 12.3. The van der Waals surface area contributed by atoms with E-state index in [-0.39, 0.29) is 0 Å². The summed E-state index contributed by atoms with van der Waals surface area (Å²) in [5.74, 6) is 2.49. The Bertz CT molecular complexity index is 702. The molecule has 1 saturated carbocycles. The highest BCUT2D eigenvalue weighted by Gasteiger charge is 2.23. The van der Waals surface area contributed by atoms with Gasteiger partial charge in [0.2, 0.25) is 0 Å². The van der Waals surface area contributed by atoms with Gasteiger partial charge < -0.3 is 19.9 Å². The SMILES string of the molecule is CNCc1c(OCC2CC2)ccc2c(CCC3CCNCC3)noc12. The van der Waals surface area contributed by atoms with E-state index in [1.54, 1.807) is 0 Å².